The molecule has 2 aromatic rings. The fourth-order valence-corrected chi connectivity index (χ4v) is 2.13. The van der Waals surface area contributed by atoms with Gasteiger partial charge >= 0.3 is 5.97 Å². The van der Waals surface area contributed by atoms with Gasteiger partial charge in [-0.3, -0.25) is 9.67 Å². The Morgan fingerprint density at radius 2 is 2.14 bits per heavy atom. The van der Waals surface area contributed by atoms with Gasteiger partial charge in [-0.1, -0.05) is 0 Å². The molecule has 0 atom stereocenters. The van der Waals surface area contributed by atoms with Crippen LogP contribution in [-0.4, -0.2) is 51.4 Å². The second kappa shape index (κ2) is 6.49. The van der Waals surface area contributed by atoms with Gasteiger partial charge in [0, 0.05) is 31.6 Å². The van der Waals surface area contributed by atoms with E-state index in [4.69, 9.17) is 0 Å². The molecular formula is C15H20N4O2. The van der Waals surface area contributed by atoms with Crippen molar-refractivity contribution in [2.45, 2.75) is 19.9 Å². The van der Waals surface area contributed by atoms with Crippen LogP contribution in [0.2, 0.25) is 0 Å². The van der Waals surface area contributed by atoms with E-state index < -0.39 is 5.97 Å². The summed E-state index contributed by atoms with van der Waals surface area (Å²) in [6.45, 7) is 3.67. The minimum atomic E-state index is -0.926. The Morgan fingerprint density at radius 3 is 2.81 bits per heavy atom. The average Bonchev–Trinajstić information content (AvgIpc) is 2.77. The van der Waals surface area contributed by atoms with Gasteiger partial charge in [0.15, 0.2) is 0 Å². The van der Waals surface area contributed by atoms with E-state index in [2.05, 4.69) is 15.0 Å². The average molecular weight is 288 g/mol. The molecule has 0 aliphatic heterocycles. The highest BCUT2D eigenvalue weighted by Crippen LogP contribution is 2.16. The maximum atomic E-state index is 11.2. The lowest BCUT2D eigenvalue weighted by atomic mass is 10.0. The SMILES string of the molecule is Cc1nn(CCN(C)C)cc1Cc1cnccc1C(=O)O. The van der Waals surface area contributed by atoms with Crippen LogP contribution in [-0.2, 0) is 13.0 Å². The summed E-state index contributed by atoms with van der Waals surface area (Å²) in [4.78, 5) is 17.3. The van der Waals surface area contributed by atoms with Gasteiger partial charge in [-0.2, -0.15) is 5.10 Å². The van der Waals surface area contributed by atoms with Crippen LogP contribution in [0.15, 0.2) is 24.7 Å². The van der Waals surface area contributed by atoms with Gasteiger partial charge in [-0.15, -0.1) is 0 Å². The van der Waals surface area contributed by atoms with Crippen molar-refractivity contribution in [3.05, 3.63) is 47.0 Å². The molecule has 0 aromatic carbocycles. The van der Waals surface area contributed by atoms with Gasteiger partial charge in [-0.05, 0) is 38.2 Å². The van der Waals surface area contributed by atoms with Gasteiger partial charge < -0.3 is 10.0 Å². The molecule has 112 valence electrons. The standard InChI is InChI=1S/C15H20N4O2/c1-11-13(10-19(17-11)7-6-18(2)3)8-12-9-16-5-4-14(12)15(20)21/h4-5,9-10H,6-8H2,1-3H3,(H,20,21). The normalized spacial score (nSPS) is 11.0. The Hall–Kier alpha value is -2.21. The predicted octanol–water partition coefficient (Wildman–Crippen LogP) is 1.44. The van der Waals surface area contributed by atoms with Crippen LogP contribution in [0.1, 0.15) is 27.2 Å². The summed E-state index contributed by atoms with van der Waals surface area (Å²) < 4.78 is 1.90. The summed E-state index contributed by atoms with van der Waals surface area (Å²) in [5, 5.41) is 13.7. The Balaban J connectivity index is 2.18. The maximum absolute atomic E-state index is 11.2. The molecule has 0 saturated heterocycles. The maximum Gasteiger partial charge on any atom is 0.336 e. The minimum Gasteiger partial charge on any atom is -0.478 e. The molecule has 0 aliphatic carbocycles. The lowest BCUT2D eigenvalue weighted by Crippen LogP contribution is -2.18. The number of nitrogens with zero attached hydrogens (tertiary/aromatic N) is 4. The lowest BCUT2D eigenvalue weighted by Gasteiger charge is -2.08. The number of carboxylic acids is 1. The van der Waals surface area contributed by atoms with Gasteiger partial charge in [-0.25, -0.2) is 4.79 Å². The predicted molar refractivity (Wildman–Crippen MR) is 79.5 cm³/mol. The van der Waals surface area contributed by atoms with E-state index in [1.54, 1.807) is 6.20 Å². The number of pyridine rings is 1. The van der Waals surface area contributed by atoms with Gasteiger partial charge in [0.2, 0.25) is 0 Å². The summed E-state index contributed by atoms with van der Waals surface area (Å²) in [5.74, 6) is -0.926. The molecule has 2 rings (SSSR count). The smallest absolute Gasteiger partial charge is 0.336 e. The second-order valence-corrected chi connectivity index (χ2v) is 5.32. The number of hydrogen-bond acceptors (Lipinski definition) is 4. The van der Waals surface area contributed by atoms with Gasteiger partial charge in [0.1, 0.15) is 0 Å². The first-order chi connectivity index (χ1) is 9.97. The number of aromatic carboxylic acids is 1. The van der Waals surface area contributed by atoms with E-state index in [1.807, 2.05) is 31.9 Å². The molecule has 0 spiro atoms. The molecule has 0 saturated carbocycles. The Kier molecular flexibility index (Phi) is 4.70. The van der Waals surface area contributed by atoms with E-state index >= 15 is 0 Å². The molecule has 2 heterocycles. The zero-order valence-electron chi connectivity index (χ0n) is 12.6. The molecule has 1 N–H and O–H groups in total. The van der Waals surface area contributed by atoms with Crippen molar-refractivity contribution in [2.75, 3.05) is 20.6 Å². The van der Waals surface area contributed by atoms with Crippen molar-refractivity contribution in [2.24, 2.45) is 0 Å². The topological polar surface area (TPSA) is 71.2 Å². The third-order valence-electron chi connectivity index (χ3n) is 3.34. The number of likely N-dealkylation sites (N-methyl/N-ethyl adjacent to an activating group) is 1. The summed E-state index contributed by atoms with van der Waals surface area (Å²) in [6, 6.07) is 1.53. The number of aromatic nitrogens is 3. The fourth-order valence-electron chi connectivity index (χ4n) is 2.13. The van der Waals surface area contributed by atoms with E-state index in [0.29, 0.717) is 17.5 Å². The largest absolute Gasteiger partial charge is 0.478 e. The van der Waals surface area contributed by atoms with Crippen LogP contribution >= 0.6 is 0 Å². The van der Waals surface area contributed by atoms with Crippen molar-refractivity contribution in [3.8, 4) is 0 Å². The fraction of sp³-hybridized carbons (Fsp3) is 0.400. The molecule has 6 heteroatoms. The third-order valence-corrected chi connectivity index (χ3v) is 3.34. The van der Waals surface area contributed by atoms with Crippen LogP contribution in [0, 0.1) is 6.92 Å². The Labute approximate surface area is 124 Å². The molecule has 6 nitrogen and oxygen atoms in total. The Bertz CT molecular complexity index is 634. The number of aryl methyl sites for hydroxylation is 1. The quantitative estimate of drug-likeness (QED) is 0.871. The molecule has 0 fully saturated rings. The third kappa shape index (κ3) is 3.88. The summed E-state index contributed by atoms with van der Waals surface area (Å²) in [6.07, 6.45) is 5.63. The molecule has 0 bridgehead atoms. The Morgan fingerprint density at radius 1 is 1.38 bits per heavy atom. The first kappa shape index (κ1) is 15.2. The van der Waals surface area contributed by atoms with Crippen molar-refractivity contribution in [3.63, 3.8) is 0 Å². The minimum absolute atomic E-state index is 0.297. The summed E-state index contributed by atoms with van der Waals surface area (Å²) in [7, 11) is 4.04. The first-order valence-electron chi connectivity index (χ1n) is 6.81. The van der Waals surface area contributed by atoms with Crippen LogP contribution in [0.5, 0.6) is 0 Å². The summed E-state index contributed by atoms with van der Waals surface area (Å²) >= 11 is 0. The molecule has 0 unspecified atom stereocenters. The van der Waals surface area contributed by atoms with Crippen LogP contribution in [0.25, 0.3) is 0 Å². The van der Waals surface area contributed by atoms with Crippen LogP contribution in [0.4, 0.5) is 0 Å². The van der Waals surface area contributed by atoms with E-state index in [9.17, 15) is 9.90 Å². The lowest BCUT2D eigenvalue weighted by molar-refractivity contribution is 0.0695. The highest BCUT2D eigenvalue weighted by atomic mass is 16.4. The monoisotopic (exact) mass is 288 g/mol. The highest BCUT2D eigenvalue weighted by Gasteiger charge is 2.13. The van der Waals surface area contributed by atoms with Crippen molar-refractivity contribution < 1.29 is 9.90 Å². The van der Waals surface area contributed by atoms with Crippen molar-refractivity contribution >= 4 is 5.97 Å². The summed E-state index contributed by atoms with van der Waals surface area (Å²) in [5.41, 5.74) is 2.96. The molecular weight excluding hydrogens is 268 g/mol. The van der Waals surface area contributed by atoms with E-state index in [-0.39, 0.29) is 0 Å². The van der Waals surface area contributed by atoms with Crippen LogP contribution < -0.4 is 0 Å². The number of hydrogen-bond donors (Lipinski definition) is 1. The van der Waals surface area contributed by atoms with Crippen molar-refractivity contribution in [1.82, 2.24) is 19.7 Å². The molecule has 0 amide bonds. The number of carbonyl (C=O) groups is 1. The highest BCUT2D eigenvalue weighted by molar-refractivity contribution is 5.89. The molecule has 0 aliphatic rings. The number of rotatable bonds is 6. The van der Waals surface area contributed by atoms with E-state index in [1.165, 1.54) is 12.3 Å². The van der Waals surface area contributed by atoms with Gasteiger partial charge in [0.05, 0.1) is 17.8 Å². The van der Waals surface area contributed by atoms with Gasteiger partial charge in [0.25, 0.3) is 0 Å². The van der Waals surface area contributed by atoms with Crippen LogP contribution in [0.3, 0.4) is 0 Å². The zero-order valence-corrected chi connectivity index (χ0v) is 12.6. The van der Waals surface area contributed by atoms with Crippen molar-refractivity contribution in [1.29, 1.82) is 0 Å². The number of carboxylic acid groups (broad SMARTS) is 1. The zero-order chi connectivity index (χ0) is 15.4. The second-order valence-electron chi connectivity index (χ2n) is 5.32. The molecule has 2 aromatic heterocycles. The molecule has 0 radical (unpaired) electrons. The molecule has 21 heavy (non-hydrogen) atoms. The first-order valence-corrected chi connectivity index (χ1v) is 6.81. The van der Waals surface area contributed by atoms with E-state index in [0.717, 1.165) is 24.3 Å².